The number of pyridine rings is 1. The van der Waals surface area contributed by atoms with E-state index in [-0.39, 0.29) is 5.75 Å². The highest BCUT2D eigenvalue weighted by Crippen LogP contribution is 2.31. The molecule has 1 aromatic heterocycles. The van der Waals surface area contributed by atoms with Crippen LogP contribution in [0.15, 0.2) is 42.6 Å². The van der Waals surface area contributed by atoms with E-state index in [0.717, 1.165) is 11.3 Å². The van der Waals surface area contributed by atoms with E-state index in [0.29, 0.717) is 5.92 Å². The van der Waals surface area contributed by atoms with Crippen LogP contribution >= 0.6 is 0 Å². The molecule has 0 fully saturated rings. The lowest BCUT2D eigenvalue weighted by molar-refractivity contribution is 0.475. The van der Waals surface area contributed by atoms with Crippen LogP contribution in [-0.4, -0.2) is 10.1 Å². The highest BCUT2D eigenvalue weighted by atomic mass is 16.3. The first-order valence-corrected chi connectivity index (χ1v) is 6.18. The number of nitrogens with zero attached hydrogens (tertiary/aromatic N) is 1. The lowest BCUT2D eigenvalue weighted by atomic mass is 9.87. The average molecular weight is 240 g/mol. The maximum Gasteiger partial charge on any atom is 0.115 e. The van der Waals surface area contributed by atoms with Crippen LogP contribution in [0.3, 0.4) is 0 Å². The summed E-state index contributed by atoms with van der Waals surface area (Å²) in [4.78, 5) is 4.48. The third-order valence-corrected chi connectivity index (χ3v) is 3.24. The van der Waals surface area contributed by atoms with Crippen molar-refractivity contribution in [3.8, 4) is 17.0 Å². The monoisotopic (exact) mass is 240 g/mol. The summed E-state index contributed by atoms with van der Waals surface area (Å²) in [5.41, 5.74) is 3.19. The second-order valence-corrected chi connectivity index (χ2v) is 4.78. The molecule has 93 valence electrons. The van der Waals surface area contributed by atoms with Gasteiger partial charge in [0.05, 0.1) is 5.69 Å². The third-order valence-electron chi connectivity index (χ3n) is 3.24. The smallest absolute Gasteiger partial charge is 0.115 e. The van der Waals surface area contributed by atoms with Gasteiger partial charge in [0.2, 0.25) is 0 Å². The summed E-state index contributed by atoms with van der Waals surface area (Å²) in [5.74, 6) is 2.09. The highest BCUT2D eigenvalue weighted by Gasteiger charge is 2.16. The molecule has 0 aliphatic rings. The molecule has 0 saturated heterocycles. The molecular weight excluding hydrogens is 222 g/mol. The molecule has 1 radical (unpaired) electrons. The predicted molar refractivity (Wildman–Crippen MR) is 74.2 cm³/mol. The quantitative estimate of drug-likeness (QED) is 0.877. The van der Waals surface area contributed by atoms with Crippen LogP contribution in [0.4, 0.5) is 0 Å². The molecule has 0 bridgehead atoms. The molecule has 0 spiro atoms. The van der Waals surface area contributed by atoms with Crippen molar-refractivity contribution in [3.05, 3.63) is 54.1 Å². The predicted octanol–water partition coefficient (Wildman–Crippen LogP) is 4.05. The van der Waals surface area contributed by atoms with Crippen molar-refractivity contribution < 1.29 is 5.11 Å². The molecule has 2 rings (SSSR count). The number of rotatable bonds is 3. The summed E-state index contributed by atoms with van der Waals surface area (Å²) in [6.45, 7) is 6.51. The molecular formula is C16H18NO. The standard InChI is InChI=1S/C16H18NO/c1-11(2)12(3)15-5-4-10-17-16(15)13-6-8-14(18)9-7-13/h4-11,18H,1-3H3. The van der Waals surface area contributed by atoms with Gasteiger partial charge in [-0.25, -0.2) is 0 Å². The number of benzene rings is 1. The number of aromatic nitrogens is 1. The van der Waals surface area contributed by atoms with Gasteiger partial charge < -0.3 is 5.11 Å². The van der Waals surface area contributed by atoms with Crippen molar-refractivity contribution in [2.75, 3.05) is 0 Å². The fraction of sp³-hybridized carbons (Fsp3) is 0.250. The van der Waals surface area contributed by atoms with Crippen LogP contribution in [0.2, 0.25) is 0 Å². The molecule has 0 unspecified atom stereocenters. The molecule has 2 aromatic rings. The molecule has 0 atom stereocenters. The maximum absolute atomic E-state index is 9.34. The second kappa shape index (κ2) is 5.21. The van der Waals surface area contributed by atoms with Crippen LogP contribution in [0, 0.1) is 11.8 Å². The Labute approximate surface area is 108 Å². The normalized spacial score (nSPS) is 11.2. The summed E-state index contributed by atoms with van der Waals surface area (Å²) in [6.07, 6.45) is 1.80. The molecule has 2 nitrogen and oxygen atoms in total. The van der Waals surface area contributed by atoms with Crippen molar-refractivity contribution in [1.29, 1.82) is 0 Å². The number of hydrogen-bond acceptors (Lipinski definition) is 2. The van der Waals surface area contributed by atoms with Crippen LogP contribution in [0.25, 0.3) is 11.3 Å². The van der Waals surface area contributed by atoms with E-state index in [1.54, 1.807) is 18.3 Å². The molecule has 0 amide bonds. The third kappa shape index (κ3) is 2.53. The van der Waals surface area contributed by atoms with Crippen LogP contribution < -0.4 is 0 Å². The molecule has 1 heterocycles. The Balaban J connectivity index is 2.47. The Hall–Kier alpha value is -1.83. The Kier molecular flexibility index (Phi) is 3.66. The average Bonchev–Trinajstić information content (AvgIpc) is 2.39. The van der Waals surface area contributed by atoms with Gasteiger partial charge in [-0.15, -0.1) is 0 Å². The summed E-state index contributed by atoms with van der Waals surface area (Å²) in [6, 6.07) is 11.2. The van der Waals surface area contributed by atoms with Crippen LogP contribution in [0.5, 0.6) is 5.75 Å². The van der Waals surface area contributed by atoms with Gasteiger partial charge in [0.1, 0.15) is 5.75 Å². The second-order valence-electron chi connectivity index (χ2n) is 4.78. The van der Waals surface area contributed by atoms with Gasteiger partial charge in [0.25, 0.3) is 0 Å². The minimum atomic E-state index is 0.279. The van der Waals surface area contributed by atoms with Crippen LogP contribution in [-0.2, 0) is 0 Å². The Morgan fingerprint density at radius 3 is 2.39 bits per heavy atom. The molecule has 0 aliphatic heterocycles. The SMILES string of the molecule is C[C](c1cccnc1-c1ccc(O)cc1)C(C)C. The fourth-order valence-electron chi connectivity index (χ4n) is 1.88. The molecule has 1 aromatic carbocycles. The number of phenolic OH excluding ortho intramolecular Hbond substituents is 1. The van der Waals surface area contributed by atoms with Crippen molar-refractivity contribution in [1.82, 2.24) is 4.98 Å². The van der Waals surface area contributed by atoms with E-state index in [1.165, 1.54) is 11.5 Å². The highest BCUT2D eigenvalue weighted by molar-refractivity contribution is 5.66. The maximum atomic E-state index is 9.34. The van der Waals surface area contributed by atoms with Gasteiger partial charge in [0, 0.05) is 17.7 Å². The van der Waals surface area contributed by atoms with E-state index in [1.807, 2.05) is 18.2 Å². The topological polar surface area (TPSA) is 33.1 Å². The van der Waals surface area contributed by atoms with Gasteiger partial charge >= 0.3 is 0 Å². The van der Waals surface area contributed by atoms with Gasteiger partial charge in [-0.05, 0) is 41.8 Å². The zero-order chi connectivity index (χ0) is 13.1. The molecule has 18 heavy (non-hydrogen) atoms. The first-order valence-electron chi connectivity index (χ1n) is 6.18. The first kappa shape index (κ1) is 12.6. The minimum Gasteiger partial charge on any atom is -0.508 e. The Morgan fingerprint density at radius 1 is 1.11 bits per heavy atom. The summed E-state index contributed by atoms with van der Waals surface area (Å²) in [7, 11) is 0. The van der Waals surface area contributed by atoms with E-state index in [9.17, 15) is 5.11 Å². The molecule has 0 saturated carbocycles. The number of hydrogen-bond donors (Lipinski definition) is 1. The van der Waals surface area contributed by atoms with Crippen molar-refractivity contribution in [3.63, 3.8) is 0 Å². The lowest BCUT2D eigenvalue weighted by Gasteiger charge is -2.18. The fourth-order valence-corrected chi connectivity index (χ4v) is 1.88. The molecule has 2 heteroatoms. The first-order chi connectivity index (χ1) is 8.59. The van der Waals surface area contributed by atoms with Crippen molar-refractivity contribution in [2.24, 2.45) is 5.92 Å². The van der Waals surface area contributed by atoms with Crippen molar-refractivity contribution >= 4 is 0 Å². The summed E-state index contributed by atoms with van der Waals surface area (Å²) in [5, 5.41) is 9.34. The summed E-state index contributed by atoms with van der Waals surface area (Å²) < 4.78 is 0. The van der Waals surface area contributed by atoms with Crippen LogP contribution in [0.1, 0.15) is 26.3 Å². The van der Waals surface area contributed by atoms with Gasteiger partial charge in [0.15, 0.2) is 0 Å². The van der Waals surface area contributed by atoms with E-state index >= 15 is 0 Å². The van der Waals surface area contributed by atoms with Gasteiger partial charge in [-0.2, -0.15) is 0 Å². The Bertz CT molecular complexity index is 517. The zero-order valence-corrected chi connectivity index (χ0v) is 11.0. The lowest BCUT2D eigenvalue weighted by Crippen LogP contribution is -2.05. The minimum absolute atomic E-state index is 0.279. The Morgan fingerprint density at radius 2 is 1.78 bits per heavy atom. The largest absolute Gasteiger partial charge is 0.508 e. The molecule has 0 aliphatic carbocycles. The van der Waals surface area contributed by atoms with Crippen molar-refractivity contribution in [2.45, 2.75) is 20.8 Å². The van der Waals surface area contributed by atoms with Gasteiger partial charge in [-0.3, -0.25) is 4.98 Å². The zero-order valence-electron chi connectivity index (χ0n) is 11.0. The van der Waals surface area contributed by atoms with E-state index < -0.39 is 0 Å². The van der Waals surface area contributed by atoms with E-state index in [2.05, 4.69) is 31.8 Å². The van der Waals surface area contributed by atoms with E-state index in [4.69, 9.17) is 0 Å². The molecule has 1 N–H and O–H groups in total. The number of phenols is 1. The van der Waals surface area contributed by atoms with Gasteiger partial charge in [-0.1, -0.05) is 26.8 Å². The number of aromatic hydroxyl groups is 1. The summed E-state index contributed by atoms with van der Waals surface area (Å²) >= 11 is 0.